The number of rotatable bonds is 5. The van der Waals surface area contributed by atoms with E-state index in [9.17, 15) is 9.59 Å². The van der Waals surface area contributed by atoms with Crippen molar-refractivity contribution in [3.8, 4) is 0 Å². The SMILES string of the molecule is CCN1CCN(c2ccc(C(=O)N3CC4CC45C3CN5C(=O)C(NC)C(C)(C)C)nc2)CC1. The molecule has 4 atom stereocenters. The van der Waals surface area contributed by atoms with Crippen molar-refractivity contribution < 1.29 is 9.59 Å². The van der Waals surface area contributed by atoms with E-state index >= 15 is 0 Å². The van der Waals surface area contributed by atoms with E-state index in [1.165, 1.54) is 0 Å². The number of aromatic nitrogens is 1. The normalized spacial score (nSPS) is 29.9. The molecule has 33 heavy (non-hydrogen) atoms. The number of nitrogens with one attached hydrogen (secondary N) is 1. The molecule has 4 aliphatic rings. The van der Waals surface area contributed by atoms with Gasteiger partial charge in [0.2, 0.25) is 5.91 Å². The Hall–Kier alpha value is -2.19. The van der Waals surface area contributed by atoms with Gasteiger partial charge in [-0.1, -0.05) is 27.7 Å². The Kier molecular flexibility index (Phi) is 5.44. The summed E-state index contributed by atoms with van der Waals surface area (Å²) in [7, 11) is 1.86. The van der Waals surface area contributed by atoms with Crippen molar-refractivity contribution in [3.63, 3.8) is 0 Å². The fourth-order valence-corrected chi connectivity index (χ4v) is 6.37. The Labute approximate surface area is 197 Å². The van der Waals surface area contributed by atoms with Crippen LogP contribution >= 0.6 is 0 Å². The second-order valence-electron chi connectivity index (χ2n) is 11.2. The molecule has 1 aromatic heterocycles. The van der Waals surface area contributed by atoms with Crippen LogP contribution in [0.3, 0.4) is 0 Å². The van der Waals surface area contributed by atoms with Crippen LogP contribution in [0.25, 0.3) is 0 Å². The molecule has 1 N–H and O–H groups in total. The molecule has 2 amide bonds. The van der Waals surface area contributed by atoms with Crippen molar-refractivity contribution >= 4 is 17.5 Å². The van der Waals surface area contributed by atoms with Crippen LogP contribution in [0.1, 0.15) is 44.6 Å². The van der Waals surface area contributed by atoms with E-state index in [-0.39, 0.29) is 34.9 Å². The third kappa shape index (κ3) is 3.53. The lowest BCUT2D eigenvalue weighted by Crippen LogP contribution is -2.71. The van der Waals surface area contributed by atoms with E-state index in [0.717, 1.165) is 51.4 Å². The van der Waals surface area contributed by atoms with Gasteiger partial charge in [-0.3, -0.25) is 9.59 Å². The predicted molar refractivity (Wildman–Crippen MR) is 128 cm³/mol. The van der Waals surface area contributed by atoms with Crippen LogP contribution in [0.4, 0.5) is 5.69 Å². The quantitative estimate of drug-likeness (QED) is 0.723. The number of anilines is 1. The summed E-state index contributed by atoms with van der Waals surface area (Å²) in [5.74, 6) is 0.571. The fourth-order valence-electron chi connectivity index (χ4n) is 6.37. The first-order chi connectivity index (χ1) is 15.7. The summed E-state index contributed by atoms with van der Waals surface area (Å²) in [6.45, 7) is 15.0. The number of piperazine rings is 1. The molecule has 0 radical (unpaired) electrons. The second kappa shape index (κ2) is 7.94. The van der Waals surface area contributed by atoms with Crippen LogP contribution in [0.2, 0.25) is 0 Å². The lowest BCUT2D eigenvalue weighted by atomic mass is 9.83. The lowest BCUT2D eigenvalue weighted by molar-refractivity contribution is -0.149. The molecule has 4 fully saturated rings. The highest BCUT2D eigenvalue weighted by atomic mass is 16.2. The van der Waals surface area contributed by atoms with Gasteiger partial charge in [-0.25, -0.2) is 4.98 Å². The highest BCUT2D eigenvalue weighted by Gasteiger charge is 2.77. The summed E-state index contributed by atoms with van der Waals surface area (Å²) in [6, 6.07) is 3.82. The second-order valence-corrected chi connectivity index (χ2v) is 11.2. The molecule has 8 heteroatoms. The Bertz CT molecular complexity index is 920. The predicted octanol–water partition coefficient (Wildman–Crippen LogP) is 1.28. The molecule has 4 unspecified atom stereocenters. The summed E-state index contributed by atoms with van der Waals surface area (Å²) in [4.78, 5) is 40.0. The van der Waals surface area contributed by atoms with Crippen molar-refractivity contribution in [2.75, 3.05) is 57.8 Å². The van der Waals surface area contributed by atoms with Crippen molar-refractivity contribution in [1.82, 2.24) is 25.0 Å². The molecule has 1 saturated carbocycles. The van der Waals surface area contributed by atoms with Crippen LogP contribution < -0.4 is 10.2 Å². The zero-order valence-electron chi connectivity index (χ0n) is 20.7. The minimum Gasteiger partial charge on any atom is -0.368 e. The minimum absolute atomic E-state index is 0.00186. The van der Waals surface area contributed by atoms with E-state index in [4.69, 9.17) is 0 Å². The summed E-state index contributed by atoms with van der Waals surface area (Å²) >= 11 is 0. The molecule has 0 aromatic carbocycles. The first kappa shape index (κ1) is 22.6. The number of hydrogen-bond donors (Lipinski definition) is 1. The first-order valence-corrected chi connectivity index (χ1v) is 12.4. The topological polar surface area (TPSA) is 72.0 Å². The van der Waals surface area contributed by atoms with Crippen molar-refractivity contribution in [1.29, 1.82) is 0 Å². The Morgan fingerprint density at radius 3 is 2.48 bits per heavy atom. The molecule has 5 rings (SSSR count). The van der Waals surface area contributed by atoms with Gasteiger partial charge < -0.3 is 24.9 Å². The molecule has 1 aliphatic carbocycles. The third-order valence-corrected chi connectivity index (χ3v) is 8.43. The third-order valence-electron chi connectivity index (χ3n) is 8.43. The van der Waals surface area contributed by atoms with E-state index in [2.05, 4.69) is 52.7 Å². The van der Waals surface area contributed by atoms with E-state index < -0.39 is 0 Å². The number of piperidine rings is 1. The number of amides is 2. The smallest absolute Gasteiger partial charge is 0.272 e. The molecule has 1 spiro atoms. The Morgan fingerprint density at radius 2 is 1.91 bits per heavy atom. The number of nitrogens with zero attached hydrogens (tertiary/aromatic N) is 5. The van der Waals surface area contributed by atoms with Crippen molar-refractivity contribution in [2.24, 2.45) is 11.3 Å². The van der Waals surface area contributed by atoms with Gasteiger partial charge >= 0.3 is 0 Å². The molecular formula is C25H38N6O2. The number of hydrogen-bond acceptors (Lipinski definition) is 6. The van der Waals surface area contributed by atoms with Gasteiger partial charge in [0.15, 0.2) is 0 Å². The number of carbonyl (C=O) groups is 2. The van der Waals surface area contributed by atoms with Gasteiger partial charge in [-0.05, 0) is 37.6 Å². The number of likely N-dealkylation sites (N-methyl/N-ethyl adjacent to an activating group) is 2. The number of carbonyl (C=O) groups excluding carboxylic acids is 2. The largest absolute Gasteiger partial charge is 0.368 e. The van der Waals surface area contributed by atoms with E-state index in [0.29, 0.717) is 18.2 Å². The standard InChI is InChI=1S/C25H38N6O2/c1-6-28-9-11-29(12-10-28)18-7-8-19(27-14-18)22(32)30-15-17-13-25(17)20(30)16-31(25)23(33)21(26-5)24(2,3)4/h7-8,14,17,20-21,26H,6,9-13,15-16H2,1-5H3. The monoisotopic (exact) mass is 454 g/mol. The zero-order chi connectivity index (χ0) is 23.5. The van der Waals surface area contributed by atoms with Crippen LogP contribution in [-0.4, -0.2) is 102 Å². The van der Waals surface area contributed by atoms with Crippen LogP contribution in [-0.2, 0) is 4.79 Å². The average Bonchev–Trinajstić information content (AvgIpc) is 3.49. The van der Waals surface area contributed by atoms with E-state index in [1.807, 2.05) is 30.3 Å². The van der Waals surface area contributed by atoms with Gasteiger partial charge in [0, 0.05) is 45.2 Å². The first-order valence-electron chi connectivity index (χ1n) is 12.4. The fraction of sp³-hybridized carbons (Fsp3) is 0.720. The highest BCUT2D eigenvalue weighted by Crippen LogP contribution is 2.63. The van der Waals surface area contributed by atoms with Gasteiger partial charge in [0.1, 0.15) is 5.69 Å². The number of likely N-dealkylation sites (tertiary alicyclic amines) is 2. The molecule has 8 nitrogen and oxygen atoms in total. The van der Waals surface area contributed by atoms with Crippen molar-refractivity contribution in [3.05, 3.63) is 24.0 Å². The van der Waals surface area contributed by atoms with Crippen LogP contribution in [0.5, 0.6) is 0 Å². The maximum Gasteiger partial charge on any atom is 0.272 e. The minimum atomic E-state index is -0.216. The molecule has 0 bridgehead atoms. The summed E-state index contributed by atoms with van der Waals surface area (Å²) < 4.78 is 0. The molecule has 4 heterocycles. The number of pyridine rings is 1. The Balaban J connectivity index is 1.24. The summed E-state index contributed by atoms with van der Waals surface area (Å²) in [5.41, 5.74) is 1.31. The molecule has 1 aromatic rings. The molecular weight excluding hydrogens is 416 g/mol. The van der Waals surface area contributed by atoms with Gasteiger partial charge in [0.25, 0.3) is 5.91 Å². The van der Waals surface area contributed by atoms with Crippen LogP contribution in [0.15, 0.2) is 18.3 Å². The highest BCUT2D eigenvalue weighted by molar-refractivity contribution is 5.94. The maximum absolute atomic E-state index is 13.3. The summed E-state index contributed by atoms with van der Waals surface area (Å²) in [6.07, 6.45) is 2.86. The van der Waals surface area contributed by atoms with Crippen molar-refractivity contribution in [2.45, 2.75) is 51.7 Å². The molecule has 3 saturated heterocycles. The molecule has 3 aliphatic heterocycles. The van der Waals surface area contributed by atoms with Gasteiger partial charge in [-0.15, -0.1) is 0 Å². The lowest BCUT2D eigenvalue weighted by Gasteiger charge is -2.52. The van der Waals surface area contributed by atoms with E-state index in [1.54, 1.807) is 0 Å². The zero-order valence-corrected chi connectivity index (χ0v) is 20.7. The van der Waals surface area contributed by atoms with Gasteiger partial charge in [0.05, 0.1) is 29.5 Å². The maximum atomic E-state index is 13.3. The summed E-state index contributed by atoms with van der Waals surface area (Å²) in [5, 5.41) is 3.22. The van der Waals surface area contributed by atoms with Crippen LogP contribution in [0, 0.1) is 11.3 Å². The van der Waals surface area contributed by atoms with Gasteiger partial charge in [-0.2, -0.15) is 0 Å². The average molecular weight is 455 g/mol. The molecule has 180 valence electrons. The Morgan fingerprint density at radius 1 is 1.18 bits per heavy atom.